The van der Waals surface area contributed by atoms with Crippen molar-refractivity contribution < 1.29 is 15.0 Å². The first kappa shape index (κ1) is 8.98. The smallest absolute Gasteiger partial charge is 0.339 e. The van der Waals surface area contributed by atoms with Gasteiger partial charge in [-0.05, 0) is 18.2 Å². The minimum atomic E-state index is -1.27. The number of aromatic hydroxyl groups is 1. The molecule has 6 heteroatoms. The molecule has 0 aliphatic heterocycles. The fourth-order valence-corrected chi connectivity index (χ4v) is 0.830. The Morgan fingerprint density at radius 3 is 2.69 bits per heavy atom. The first-order valence-electron chi connectivity index (χ1n) is 3.30. The molecule has 0 amide bonds. The van der Waals surface area contributed by atoms with E-state index in [1.54, 1.807) is 0 Å². The van der Waals surface area contributed by atoms with Crippen molar-refractivity contribution in [3.05, 3.63) is 28.7 Å². The van der Waals surface area contributed by atoms with Gasteiger partial charge in [0.25, 0.3) is 0 Å². The van der Waals surface area contributed by atoms with Crippen molar-refractivity contribution >= 4 is 11.7 Å². The summed E-state index contributed by atoms with van der Waals surface area (Å²) in [6, 6.07) is 3.61. The summed E-state index contributed by atoms with van der Waals surface area (Å²) in [5.41, 5.74) is 1.95. The second-order valence-corrected chi connectivity index (χ2v) is 2.24. The number of nitrogens with zero attached hydrogens (tertiary/aromatic N) is 1. The topological polar surface area (TPSA) is 99.0 Å². The zero-order valence-corrected chi connectivity index (χ0v) is 6.39. The van der Waals surface area contributed by atoms with Crippen LogP contribution in [-0.4, -0.2) is 16.2 Å². The first-order chi connectivity index (χ1) is 6.15. The van der Waals surface area contributed by atoms with Crippen LogP contribution >= 0.6 is 0 Å². The van der Waals surface area contributed by atoms with Gasteiger partial charge >= 0.3 is 5.97 Å². The predicted octanol–water partition coefficient (Wildman–Crippen LogP) is 1.18. The maximum Gasteiger partial charge on any atom is 0.339 e. The molecule has 1 aromatic rings. The van der Waals surface area contributed by atoms with Crippen LogP contribution in [0.25, 0.3) is 0 Å². The number of benzene rings is 1. The zero-order chi connectivity index (χ0) is 9.84. The van der Waals surface area contributed by atoms with Gasteiger partial charge in [-0.2, -0.15) is 0 Å². The third kappa shape index (κ3) is 1.92. The van der Waals surface area contributed by atoms with Gasteiger partial charge in [-0.1, -0.05) is 0 Å². The Labute approximate surface area is 72.8 Å². The highest BCUT2D eigenvalue weighted by atomic mass is 16.4. The Balaban J connectivity index is 3.10. The summed E-state index contributed by atoms with van der Waals surface area (Å²) in [6.45, 7) is 0. The lowest BCUT2D eigenvalue weighted by molar-refractivity contribution is 0.0694. The number of carbonyl (C=O) groups is 1. The number of rotatable bonds is 3. The van der Waals surface area contributed by atoms with Crippen LogP contribution in [0.3, 0.4) is 0 Å². The molecule has 0 fully saturated rings. The summed E-state index contributed by atoms with van der Waals surface area (Å²) in [7, 11) is 0. The van der Waals surface area contributed by atoms with Crippen molar-refractivity contribution in [3.63, 3.8) is 0 Å². The van der Waals surface area contributed by atoms with E-state index in [-0.39, 0.29) is 17.0 Å². The Hall–Kier alpha value is -2.11. The standard InChI is InChI=1S/C7H6N2O4/c10-6-2-1-4(8-9-13)3-5(6)7(11)12/h1-3,10H,(H,8,13)(H,11,12). The molecule has 0 bridgehead atoms. The molecule has 0 heterocycles. The van der Waals surface area contributed by atoms with Crippen molar-refractivity contribution in [2.24, 2.45) is 5.29 Å². The van der Waals surface area contributed by atoms with E-state index in [9.17, 15) is 9.70 Å². The molecule has 0 unspecified atom stereocenters. The van der Waals surface area contributed by atoms with E-state index in [4.69, 9.17) is 10.2 Å². The summed E-state index contributed by atoms with van der Waals surface area (Å²) in [5, 5.41) is 20.0. The SMILES string of the molecule is O=NNc1ccc(O)c(C(=O)O)c1. The van der Waals surface area contributed by atoms with E-state index in [0.717, 1.165) is 12.1 Å². The van der Waals surface area contributed by atoms with Gasteiger partial charge in [0.2, 0.25) is 0 Å². The van der Waals surface area contributed by atoms with Gasteiger partial charge in [0.05, 0.1) is 11.0 Å². The van der Waals surface area contributed by atoms with Gasteiger partial charge in [0, 0.05) is 0 Å². The molecular weight excluding hydrogens is 176 g/mol. The molecule has 0 radical (unpaired) electrons. The van der Waals surface area contributed by atoms with Gasteiger partial charge in [-0.3, -0.25) is 0 Å². The average Bonchev–Trinajstić information content (AvgIpc) is 2.08. The van der Waals surface area contributed by atoms with Gasteiger partial charge in [-0.15, -0.1) is 4.91 Å². The number of hydrogen-bond acceptors (Lipinski definition) is 4. The molecule has 13 heavy (non-hydrogen) atoms. The quantitative estimate of drug-likeness (QED) is 0.370. The third-order valence-electron chi connectivity index (χ3n) is 1.40. The molecule has 0 saturated heterocycles. The summed E-state index contributed by atoms with van der Waals surface area (Å²) >= 11 is 0. The van der Waals surface area contributed by atoms with Crippen LogP contribution in [0.2, 0.25) is 0 Å². The lowest BCUT2D eigenvalue weighted by Crippen LogP contribution is -1.98. The molecule has 0 aromatic heterocycles. The van der Waals surface area contributed by atoms with Crippen LogP contribution in [-0.2, 0) is 0 Å². The van der Waals surface area contributed by atoms with Crippen molar-refractivity contribution in [2.45, 2.75) is 0 Å². The summed E-state index contributed by atoms with van der Waals surface area (Å²) < 4.78 is 0. The average molecular weight is 182 g/mol. The lowest BCUT2D eigenvalue weighted by Gasteiger charge is -2.01. The number of nitrogens with one attached hydrogen (secondary N) is 1. The molecular formula is C7H6N2O4. The lowest BCUT2D eigenvalue weighted by atomic mass is 10.2. The number of carboxylic acids is 1. The van der Waals surface area contributed by atoms with Crippen LogP contribution in [0.4, 0.5) is 5.69 Å². The van der Waals surface area contributed by atoms with Crippen LogP contribution in [0, 0.1) is 4.91 Å². The predicted molar refractivity (Wildman–Crippen MR) is 44.5 cm³/mol. The summed E-state index contributed by atoms with van der Waals surface area (Å²) in [4.78, 5) is 20.3. The van der Waals surface area contributed by atoms with E-state index < -0.39 is 5.97 Å². The Morgan fingerprint density at radius 2 is 2.15 bits per heavy atom. The van der Waals surface area contributed by atoms with Crippen LogP contribution in [0.5, 0.6) is 5.75 Å². The molecule has 1 aromatic carbocycles. The van der Waals surface area contributed by atoms with Crippen LogP contribution < -0.4 is 5.43 Å². The molecule has 0 atom stereocenters. The van der Waals surface area contributed by atoms with Crippen LogP contribution in [0.1, 0.15) is 10.4 Å². The minimum absolute atomic E-state index is 0.213. The first-order valence-corrected chi connectivity index (χ1v) is 3.30. The number of hydrogen-bond donors (Lipinski definition) is 3. The van der Waals surface area contributed by atoms with E-state index in [0.29, 0.717) is 0 Å². The van der Waals surface area contributed by atoms with Crippen LogP contribution in [0.15, 0.2) is 23.5 Å². The Bertz CT molecular complexity index is 350. The van der Waals surface area contributed by atoms with E-state index in [1.165, 1.54) is 6.07 Å². The fraction of sp³-hybridized carbons (Fsp3) is 0. The molecule has 0 spiro atoms. The minimum Gasteiger partial charge on any atom is -0.507 e. The number of anilines is 1. The van der Waals surface area contributed by atoms with Gasteiger partial charge in [-0.25, -0.2) is 10.2 Å². The van der Waals surface area contributed by atoms with Crippen molar-refractivity contribution in [2.75, 3.05) is 5.43 Å². The van der Waals surface area contributed by atoms with E-state index in [1.807, 2.05) is 5.43 Å². The summed E-state index contributed by atoms with van der Waals surface area (Å²) in [5.74, 6) is -1.63. The van der Waals surface area contributed by atoms with E-state index >= 15 is 0 Å². The normalized spacial score (nSPS) is 9.23. The van der Waals surface area contributed by atoms with Gasteiger partial charge < -0.3 is 10.2 Å². The highest BCUT2D eigenvalue weighted by Gasteiger charge is 2.09. The number of phenols is 1. The van der Waals surface area contributed by atoms with Crippen molar-refractivity contribution in [1.29, 1.82) is 0 Å². The molecule has 6 nitrogen and oxygen atoms in total. The summed E-state index contributed by atoms with van der Waals surface area (Å²) in [6.07, 6.45) is 0. The highest BCUT2D eigenvalue weighted by Crippen LogP contribution is 2.21. The van der Waals surface area contributed by atoms with Gasteiger partial charge in [0.15, 0.2) is 0 Å². The molecule has 0 aliphatic rings. The monoisotopic (exact) mass is 182 g/mol. The highest BCUT2D eigenvalue weighted by molar-refractivity contribution is 5.91. The van der Waals surface area contributed by atoms with Gasteiger partial charge in [0.1, 0.15) is 11.3 Å². The van der Waals surface area contributed by atoms with Crippen molar-refractivity contribution in [1.82, 2.24) is 0 Å². The van der Waals surface area contributed by atoms with E-state index in [2.05, 4.69) is 5.29 Å². The molecule has 68 valence electrons. The fourth-order valence-electron chi connectivity index (χ4n) is 0.830. The molecule has 0 aliphatic carbocycles. The second kappa shape index (κ2) is 3.53. The Kier molecular flexibility index (Phi) is 2.44. The molecule has 0 saturated carbocycles. The van der Waals surface area contributed by atoms with Crippen molar-refractivity contribution in [3.8, 4) is 5.75 Å². The maximum absolute atomic E-state index is 10.5. The maximum atomic E-state index is 10.5. The second-order valence-electron chi connectivity index (χ2n) is 2.24. The molecule has 1 rings (SSSR count). The third-order valence-corrected chi connectivity index (χ3v) is 1.40. The Morgan fingerprint density at radius 1 is 1.46 bits per heavy atom. The number of aromatic carboxylic acids is 1. The molecule has 3 N–H and O–H groups in total. The number of nitroso groups, excluding NO2 is 1. The zero-order valence-electron chi connectivity index (χ0n) is 6.39. The largest absolute Gasteiger partial charge is 0.507 e. The number of carboxylic acid groups (broad SMARTS) is 1.